The largest absolute Gasteiger partial charge is 0.439 e. The van der Waals surface area contributed by atoms with Crippen molar-refractivity contribution in [3.63, 3.8) is 0 Å². The summed E-state index contributed by atoms with van der Waals surface area (Å²) < 4.78 is 5.35. The number of fused-ring (bicyclic) bond motifs is 1. The molecule has 0 unspecified atom stereocenters. The SMILES string of the molecule is C=Cc1ccc2c(C(C)(C)C)nc(=O)oc2c1NCC.CNC. The molecule has 2 N–H and O–H groups in total. The van der Waals surface area contributed by atoms with Crippen LogP contribution in [0.2, 0.25) is 0 Å². The molecule has 0 atom stereocenters. The van der Waals surface area contributed by atoms with Gasteiger partial charge in [-0.15, -0.1) is 0 Å². The zero-order valence-electron chi connectivity index (χ0n) is 14.9. The summed E-state index contributed by atoms with van der Waals surface area (Å²) in [6.07, 6.45) is 1.74. The average molecular weight is 317 g/mol. The lowest BCUT2D eigenvalue weighted by atomic mass is 9.89. The predicted octanol–water partition coefficient (Wildman–Crippen LogP) is 3.40. The molecule has 0 saturated heterocycles. The number of rotatable bonds is 3. The zero-order chi connectivity index (χ0) is 17.6. The third-order valence-corrected chi connectivity index (χ3v) is 3.12. The van der Waals surface area contributed by atoms with Crippen LogP contribution in [0.4, 0.5) is 5.69 Å². The molecule has 0 amide bonds. The second kappa shape index (κ2) is 7.92. The first-order valence-corrected chi connectivity index (χ1v) is 7.73. The summed E-state index contributed by atoms with van der Waals surface area (Å²) in [5, 5.41) is 6.85. The van der Waals surface area contributed by atoms with Gasteiger partial charge in [0.2, 0.25) is 0 Å². The van der Waals surface area contributed by atoms with Gasteiger partial charge in [-0.3, -0.25) is 0 Å². The van der Waals surface area contributed by atoms with Gasteiger partial charge in [-0.25, -0.2) is 4.79 Å². The van der Waals surface area contributed by atoms with E-state index in [4.69, 9.17) is 4.42 Å². The van der Waals surface area contributed by atoms with Crippen LogP contribution in [0.3, 0.4) is 0 Å². The monoisotopic (exact) mass is 317 g/mol. The van der Waals surface area contributed by atoms with Crippen molar-refractivity contribution in [3.05, 3.63) is 40.5 Å². The number of nitrogens with zero attached hydrogens (tertiary/aromatic N) is 1. The fourth-order valence-corrected chi connectivity index (χ4v) is 2.25. The lowest BCUT2D eigenvalue weighted by Gasteiger charge is -2.20. The van der Waals surface area contributed by atoms with Gasteiger partial charge in [0.25, 0.3) is 0 Å². The van der Waals surface area contributed by atoms with Gasteiger partial charge in [-0.05, 0) is 27.1 Å². The van der Waals surface area contributed by atoms with E-state index in [1.54, 1.807) is 6.08 Å². The Kier molecular flexibility index (Phi) is 6.51. The van der Waals surface area contributed by atoms with Crippen molar-refractivity contribution in [2.24, 2.45) is 0 Å². The molecule has 0 saturated carbocycles. The lowest BCUT2D eigenvalue weighted by Crippen LogP contribution is -2.20. The van der Waals surface area contributed by atoms with Gasteiger partial charge >= 0.3 is 5.76 Å². The van der Waals surface area contributed by atoms with Gasteiger partial charge < -0.3 is 15.1 Å². The maximum Gasteiger partial charge on any atom is 0.439 e. The van der Waals surface area contributed by atoms with Crippen LogP contribution in [0, 0.1) is 0 Å². The molecule has 0 aliphatic rings. The maximum absolute atomic E-state index is 11.8. The highest BCUT2D eigenvalue weighted by Crippen LogP contribution is 2.33. The van der Waals surface area contributed by atoms with Crippen molar-refractivity contribution >= 4 is 22.7 Å². The van der Waals surface area contributed by atoms with Gasteiger partial charge in [0.1, 0.15) is 0 Å². The Labute approximate surface area is 137 Å². The molecular formula is C18H27N3O2. The van der Waals surface area contributed by atoms with Crippen molar-refractivity contribution < 1.29 is 4.42 Å². The highest BCUT2D eigenvalue weighted by molar-refractivity contribution is 5.95. The fraction of sp³-hybridized carbons (Fsp3) is 0.444. The number of aromatic nitrogens is 1. The smallest absolute Gasteiger partial charge is 0.406 e. The second-order valence-corrected chi connectivity index (χ2v) is 6.22. The minimum absolute atomic E-state index is 0.229. The Hall–Kier alpha value is -2.14. The Morgan fingerprint density at radius 3 is 2.39 bits per heavy atom. The summed E-state index contributed by atoms with van der Waals surface area (Å²) in [5.74, 6) is -0.567. The highest BCUT2D eigenvalue weighted by Gasteiger charge is 2.22. The molecular weight excluding hydrogens is 290 g/mol. The molecule has 1 aromatic heterocycles. The molecule has 0 radical (unpaired) electrons. The Morgan fingerprint density at radius 1 is 1.30 bits per heavy atom. The Balaban J connectivity index is 0.000000816. The summed E-state index contributed by atoms with van der Waals surface area (Å²) in [6, 6.07) is 3.90. The summed E-state index contributed by atoms with van der Waals surface area (Å²) >= 11 is 0. The molecule has 0 aliphatic carbocycles. The number of nitrogens with one attached hydrogen (secondary N) is 2. The van der Waals surface area contributed by atoms with E-state index in [9.17, 15) is 4.79 Å². The average Bonchev–Trinajstić information content (AvgIpc) is 2.47. The molecule has 0 bridgehead atoms. The Morgan fingerprint density at radius 2 is 1.91 bits per heavy atom. The van der Waals surface area contributed by atoms with Gasteiger partial charge in [0.15, 0.2) is 5.58 Å². The van der Waals surface area contributed by atoms with Crippen LogP contribution >= 0.6 is 0 Å². The molecule has 0 spiro atoms. The predicted molar refractivity (Wildman–Crippen MR) is 98.2 cm³/mol. The second-order valence-electron chi connectivity index (χ2n) is 6.22. The van der Waals surface area contributed by atoms with E-state index in [0.29, 0.717) is 5.58 Å². The molecule has 2 rings (SSSR count). The van der Waals surface area contributed by atoms with Crippen molar-refractivity contribution in [1.82, 2.24) is 10.3 Å². The number of benzene rings is 1. The third kappa shape index (κ3) is 4.42. The summed E-state index contributed by atoms with van der Waals surface area (Å²) in [7, 11) is 3.75. The molecule has 1 aromatic carbocycles. The van der Waals surface area contributed by atoms with E-state index in [2.05, 4.69) is 22.2 Å². The first-order valence-electron chi connectivity index (χ1n) is 7.73. The summed E-state index contributed by atoms with van der Waals surface area (Å²) in [5.41, 5.74) is 2.78. The number of hydrogen-bond donors (Lipinski definition) is 2. The normalized spacial score (nSPS) is 10.9. The molecule has 23 heavy (non-hydrogen) atoms. The van der Waals surface area contributed by atoms with Crippen molar-refractivity contribution in [2.45, 2.75) is 33.1 Å². The molecule has 2 aromatic rings. The number of hydrogen-bond acceptors (Lipinski definition) is 5. The van der Waals surface area contributed by atoms with Crippen LogP contribution < -0.4 is 16.4 Å². The van der Waals surface area contributed by atoms with Crippen LogP contribution in [0.5, 0.6) is 0 Å². The lowest BCUT2D eigenvalue weighted by molar-refractivity contribution is 0.498. The minimum Gasteiger partial charge on any atom is -0.406 e. The Bertz CT molecular complexity index is 727. The van der Waals surface area contributed by atoms with Gasteiger partial charge in [0, 0.05) is 22.9 Å². The first-order chi connectivity index (χ1) is 10.8. The number of anilines is 1. The van der Waals surface area contributed by atoms with E-state index in [-0.39, 0.29) is 5.41 Å². The molecule has 5 heteroatoms. The molecule has 5 nitrogen and oxygen atoms in total. The topological polar surface area (TPSA) is 67.2 Å². The highest BCUT2D eigenvalue weighted by atomic mass is 16.4. The molecule has 126 valence electrons. The van der Waals surface area contributed by atoms with Gasteiger partial charge in [-0.2, -0.15) is 4.98 Å². The fourth-order valence-electron chi connectivity index (χ4n) is 2.25. The van der Waals surface area contributed by atoms with E-state index in [1.165, 1.54) is 0 Å². The first kappa shape index (κ1) is 18.9. The van der Waals surface area contributed by atoms with Gasteiger partial charge in [0.05, 0.1) is 11.4 Å². The molecule has 1 heterocycles. The summed E-state index contributed by atoms with van der Waals surface area (Å²) in [6.45, 7) is 12.6. The van der Waals surface area contributed by atoms with Crippen LogP contribution in [-0.4, -0.2) is 25.6 Å². The minimum atomic E-state index is -0.567. The van der Waals surface area contributed by atoms with Crippen molar-refractivity contribution in [1.29, 1.82) is 0 Å². The van der Waals surface area contributed by atoms with Crippen molar-refractivity contribution in [2.75, 3.05) is 26.0 Å². The summed E-state index contributed by atoms with van der Waals surface area (Å²) in [4.78, 5) is 15.8. The standard InChI is InChI=1S/C16H20N2O2.C2H7N/c1-6-10-8-9-11-13(12(10)17-7-2)20-15(19)18-14(11)16(3,4)5;1-3-2/h6,8-9,17H,1,7H2,2-5H3;3H,1-2H3. The van der Waals surface area contributed by atoms with Gasteiger partial charge in [-0.1, -0.05) is 39.5 Å². The third-order valence-electron chi connectivity index (χ3n) is 3.12. The van der Waals surface area contributed by atoms with E-state index in [1.807, 2.05) is 53.9 Å². The van der Waals surface area contributed by atoms with E-state index < -0.39 is 5.76 Å². The molecule has 0 fully saturated rings. The zero-order valence-corrected chi connectivity index (χ0v) is 14.9. The maximum atomic E-state index is 11.8. The van der Waals surface area contributed by atoms with E-state index >= 15 is 0 Å². The van der Waals surface area contributed by atoms with Crippen LogP contribution in [-0.2, 0) is 5.41 Å². The van der Waals surface area contributed by atoms with E-state index in [0.717, 1.165) is 28.9 Å². The van der Waals surface area contributed by atoms with Crippen LogP contribution in [0.25, 0.3) is 17.0 Å². The van der Waals surface area contributed by atoms with Crippen molar-refractivity contribution in [3.8, 4) is 0 Å². The van der Waals surface area contributed by atoms with Crippen LogP contribution in [0.1, 0.15) is 39.0 Å². The van der Waals surface area contributed by atoms with Crippen LogP contribution in [0.15, 0.2) is 27.9 Å². The quantitative estimate of drug-likeness (QED) is 0.908. The molecule has 0 aliphatic heterocycles.